The molecule has 28 heavy (non-hydrogen) atoms. The molecule has 0 N–H and O–H groups in total. The molecule has 0 spiro atoms. The molecule has 3 rings (SSSR count). The van der Waals surface area contributed by atoms with Crippen LogP contribution in [0.2, 0.25) is 0 Å². The zero-order valence-corrected chi connectivity index (χ0v) is 19.2. The fourth-order valence-electron chi connectivity index (χ4n) is 2.51. The summed E-state index contributed by atoms with van der Waals surface area (Å²) in [6.07, 6.45) is 1.81. The van der Waals surface area contributed by atoms with Crippen molar-refractivity contribution in [1.29, 1.82) is 0 Å². The maximum absolute atomic E-state index is 6.02. The molecule has 4 nitrogen and oxygen atoms in total. The van der Waals surface area contributed by atoms with Crippen LogP contribution in [0.5, 0.6) is 17.2 Å². The van der Waals surface area contributed by atoms with Gasteiger partial charge in [0.1, 0.15) is 12.4 Å². The highest BCUT2D eigenvalue weighted by Crippen LogP contribution is 2.34. The minimum Gasteiger partial charge on any atom is -0.497 e. The lowest BCUT2D eigenvalue weighted by molar-refractivity contribution is 0.282. The van der Waals surface area contributed by atoms with Crippen molar-refractivity contribution in [3.63, 3.8) is 0 Å². The molecule has 0 atom stereocenters. The van der Waals surface area contributed by atoms with Gasteiger partial charge >= 0.3 is 0 Å². The second-order valence-electron chi connectivity index (χ2n) is 5.91. The predicted octanol–water partition coefficient (Wildman–Crippen LogP) is 6.40. The number of ether oxygens (including phenoxy) is 3. The molecule has 6 heteroatoms. The monoisotopic (exact) mass is 551 g/mol. The molecule has 0 heterocycles. The summed E-state index contributed by atoms with van der Waals surface area (Å²) in [5.41, 5.74) is 2.88. The second-order valence-corrected chi connectivity index (χ2v) is 7.98. The van der Waals surface area contributed by atoms with Crippen LogP contribution in [0.15, 0.2) is 70.1 Å². The first-order valence-corrected chi connectivity index (χ1v) is 10.4. The average molecular weight is 552 g/mol. The van der Waals surface area contributed by atoms with Crippen LogP contribution < -0.4 is 14.2 Å². The summed E-state index contributed by atoms with van der Waals surface area (Å²) in [5.74, 6) is 2.22. The Morgan fingerprint density at radius 1 is 0.964 bits per heavy atom. The quantitative estimate of drug-likeness (QED) is 0.252. The lowest BCUT2D eigenvalue weighted by atomic mass is 10.2. The summed E-state index contributed by atoms with van der Waals surface area (Å²) in [5, 5.41) is 0. The topological polar surface area (TPSA) is 40.0 Å². The number of rotatable bonds is 7. The van der Waals surface area contributed by atoms with E-state index in [1.165, 1.54) is 0 Å². The largest absolute Gasteiger partial charge is 0.497 e. The van der Waals surface area contributed by atoms with E-state index in [1.54, 1.807) is 14.2 Å². The first-order chi connectivity index (χ1) is 13.6. The van der Waals surface area contributed by atoms with Crippen molar-refractivity contribution < 1.29 is 14.2 Å². The Morgan fingerprint density at radius 3 is 2.32 bits per heavy atom. The van der Waals surface area contributed by atoms with Gasteiger partial charge in [0.05, 0.1) is 23.5 Å². The number of aliphatic imine (C=N–C) groups is 1. The third-order valence-electron chi connectivity index (χ3n) is 3.98. The van der Waals surface area contributed by atoms with Crippen molar-refractivity contribution in [2.45, 2.75) is 6.61 Å². The molecule has 3 aromatic carbocycles. The lowest BCUT2D eigenvalue weighted by Crippen LogP contribution is -2.00. The van der Waals surface area contributed by atoms with Crippen molar-refractivity contribution in [2.24, 2.45) is 4.99 Å². The summed E-state index contributed by atoms with van der Waals surface area (Å²) in [6.45, 7) is 0.471. The van der Waals surface area contributed by atoms with Gasteiger partial charge in [-0.15, -0.1) is 0 Å². The van der Waals surface area contributed by atoms with E-state index >= 15 is 0 Å². The van der Waals surface area contributed by atoms with Crippen molar-refractivity contribution in [3.8, 4) is 17.2 Å². The van der Waals surface area contributed by atoms with E-state index in [0.717, 1.165) is 36.4 Å². The Balaban J connectivity index is 1.76. The van der Waals surface area contributed by atoms with E-state index in [4.69, 9.17) is 14.2 Å². The molecule has 144 valence electrons. The predicted molar refractivity (Wildman–Crippen MR) is 124 cm³/mol. The van der Waals surface area contributed by atoms with E-state index in [0.29, 0.717) is 12.4 Å². The van der Waals surface area contributed by atoms with Crippen LogP contribution in [0.1, 0.15) is 11.1 Å². The van der Waals surface area contributed by atoms with Crippen LogP contribution in [-0.2, 0) is 6.61 Å². The number of nitrogens with zero attached hydrogens (tertiary/aromatic N) is 1. The highest BCUT2D eigenvalue weighted by atomic mass is 127. The molecule has 0 amide bonds. The number of hydrogen-bond donors (Lipinski definition) is 0. The number of methoxy groups -OCH3 is 2. The molecule has 0 fully saturated rings. The van der Waals surface area contributed by atoms with E-state index in [-0.39, 0.29) is 0 Å². The fourth-order valence-corrected chi connectivity index (χ4v) is 3.55. The normalized spacial score (nSPS) is 10.9. The summed E-state index contributed by atoms with van der Waals surface area (Å²) in [6, 6.07) is 19.6. The average Bonchev–Trinajstić information content (AvgIpc) is 2.72. The number of benzene rings is 3. The molecule has 0 saturated heterocycles. The molecule has 0 aliphatic carbocycles. The van der Waals surface area contributed by atoms with Gasteiger partial charge in [-0.05, 0) is 82.2 Å². The molecule has 0 saturated carbocycles. The van der Waals surface area contributed by atoms with Gasteiger partial charge in [0.25, 0.3) is 0 Å². The Kier molecular flexibility index (Phi) is 7.33. The zero-order chi connectivity index (χ0) is 19.9. The molecular formula is C22H19BrINO3. The third-order valence-corrected chi connectivity index (χ3v) is 5.31. The van der Waals surface area contributed by atoms with E-state index in [2.05, 4.69) is 43.5 Å². The van der Waals surface area contributed by atoms with Crippen LogP contribution in [0.25, 0.3) is 0 Å². The van der Waals surface area contributed by atoms with Gasteiger partial charge < -0.3 is 14.2 Å². The van der Waals surface area contributed by atoms with Crippen molar-refractivity contribution in [2.75, 3.05) is 14.2 Å². The standard InChI is InChI=1S/C22H19BrINO3/c1-26-19-9-7-18(8-10-19)25-13-16-11-20(24)22(21(12-16)27-2)28-14-15-3-5-17(23)6-4-15/h3-13H,14H2,1-2H3. The first kappa shape index (κ1) is 20.7. The van der Waals surface area contributed by atoms with E-state index in [1.807, 2.05) is 66.9 Å². The smallest absolute Gasteiger partial charge is 0.174 e. The molecule has 0 aromatic heterocycles. The lowest BCUT2D eigenvalue weighted by Gasteiger charge is -2.13. The van der Waals surface area contributed by atoms with E-state index < -0.39 is 0 Å². The molecule has 3 aromatic rings. The zero-order valence-electron chi connectivity index (χ0n) is 15.5. The third kappa shape index (κ3) is 5.48. The fraction of sp³-hybridized carbons (Fsp3) is 0.136. The van der Waals surface area contributed by atoms with Gasteiger partial charge in [-0.2, -0.15) is 0 Å². The van der Waals surface area contributed by atoms with Gasteiger partial charge in [-0.25, -0.2) is 0 Å². The number of hydrogen-bond acceptors (Lipinski definition) is 4. The van der Waals surface area contributed by atoms with Gasteiger partial charge in [0.2, 0.25) is 0 Å². The summed E-state index contributed by atoms with van der Waals surface area (Å²) < 4.78 is 18.7. The summed E-state index contributed by atoms with van der Waals surface area (Å²) in [7, 11) is 3.29. The maximum atomic E-state index is 6.02. The highest BCUT2D eigenvalue weighted by molar-refractivity contribution is 14.1. The number of halogens is 2. The van der Waals surface area contributed by atoms with Crippen molar-refractivity contribution >= 4 is 50.4 Å². The molecule has 0 unspecified atom stereocenters. The van der Waals surface area contributed by atoms with Crippen molar-refractivity contribution in [3.05, 3.63) is 79.8 Å². The van der Waals surface area contributed by atoms with E-state index in [9.17, 15) is 0 Å². The Hall–Kier alpha value is -2.06. The molecule has 0 radical (unpaired) electrons. The summed E-state index contributed by atoms with van der Waals surface area (Å²) >= 11 is 5.70. The summed E-state index contributed by atoms with van der Waals surface area (Å²) in [4.78, 5) is 4.52. The van der Waals surface area contributed by atoms with Crippen LogP contribution in [0.3, 0.4) is 0 Å². The van der Waals surface area contributed by atoms with Gasteiger partial charge in [0.15, 0.2) is 11.5 Å². The molecular weight excluding hydrogens is 533 g/mol. The minimum absolute atomic E-state index is 0.471. The van der Waals surface area contributed by atoms with Gasteiger partial charge in [0, 0.05) is 10.7 Å². The minimum atomic E-state index is 0.471. The van der Waals surface area contributed by atoms with Crippen molar-refractivity contribution in [1.82, 2.24) is 0 Å². The maximum Gasteiger partial charge on any atom is 0.174 e. The van der Waals surface area contributed by atoms with Crippen LogP contribution in [0.4, 0.5) is 5.69 Å². The van der Waals surface area contributed by atoms with Gasteiger partial charge in [-0.3, -0.25) is 4.99 Å². The molecule has 0 aliphatic rings. The van der Waals surface area contributed by atoms with Gasteiger partial charge in [-0.1, -0.05) is 28.1 Å². The second kappa shape index (κ2) is 9.93. The Labute approximate surface area is 186 Å². The first-order valence-electron chi connectivity index (χ1n) is 8.52. The highest BCUT2D eigenvalue weighted by Gasteiger charge is 2.11. The van der Waals surface area contributed by atoms with Crippen LogP contribution in [-0.4, -0.2) is 20.4 Å². The SMILES string of the molecule is COc1ccc(N=Cc2cc(I)c(OCc3ccc(Br)cc3)c(OC)c2)cc1. The Bertz CT molecular complexity index is 957. The Morgan fingerprint density at radius 2 is 1.68 bits per heavy atom. The van der Waals surface area contributed by atoms with Crippen LogP contribution >= 0.6 is 38.5 Å². The molecule has 0 bridgehead atoms. The van der Waals surface area contributed by atoms with Crippen LogP contribution in [0, 0.1) is 3.57 Å². The molecule has 0 aliphatic heterocycles.